The molecule has 0 spiro atoms. The van der Waals surface area contributed by atoms with E-state index in [1.807, 2.05) is 6.92 Å². The number of allylic oxidation sites excluding steroid dienone is 2. The van der Waals surface area contributed by atoms with E-state index in [0.29, 0.717) is 51.4 Å². The van der Waals surface area contributed by atoms with Crippen molar-refractivity contribution in [3.63, 3.8) is 0 Å². The number of aliphatic hydroxyl groups is 12. The SMILES string of the molecule is CC1(C)CC[C@]2(C(=O)O[C@@H]3O[C@H](CO)[C@@H](O)[C@H](O)[C@H]3O)CC[C@]3(C)C(=CC[C@@H]4[C@@]5(C)C[C@H](O)[C@H](O[C@@H]6O[C@H](CO)[C@@H](O)[C@H](O[C@@H]7O[C@H](CO)[C@@H](O)[C@H](O)[C@H]7O)[C@H]6O)[C@@](C)(C(=O)O)[C@@H]5CC[C@]43C)[C@@H]2C1. The molecule has 0 radical (unpaired) electrons. The third-order valence-corrected chi connectivity index (χ3v) is 19.4. The zero-order valence-corrected chi connectivity index (χ0v) is 40.2. The number of esters is 1. The molecule has 8 rings (SSSR count). The Kier molecular flexibility index (Phi) is 14.5. The van der Waals surface area contributed by atoms with E-state index in [2.05, 4.69) is 33.8 Å². The van der Waals surface area contributed by atoms with Gasteiger partial charge >= 0.3 is 11.9 Å². The number of carbonyl (C=O) groups is 2. The van der Waals surface area contributed by atoms with Gasteiger partial charge in [-0.1, -0.05) is 46.3 Å². The van der Waals surface area contributed by atoms with Crippen molar-refractivity contribution in [1.29, 1.82) is 0 Å². The second-order valence-corrected chi connectivity index (χ2v) is 23.4. The van der Waals surface area contributed by atoms with Crippen molar-refractivity contribution < 1.29 is 104 Å². The summed E-state index contributed by atoms with van der Waals surface area (Å²) in [5.41, 5.74) is -3.71. The van der Waals surface area contributed by atoms with Gasteiger partial charge in [0.05, 0.1) is 36.8 Å². The Balaban J connectivity index is 1.07. The molecule has 394 valence electrons. The minimum atomic E-state index is -1.96. The Bertz CT molecular complexity index is 1930. The molecule has 21 heteroatoms. The van der Waals surface area contributed by atoms with Crippen molar-refractivity contribution in [3.05, 3.63) is 11.6 Å². The maximum Gasteiger partial charge on any atom is 0.315 e. The summed E-state index contributed by atoms with van der Waals surface area (Å²) in [7, 11) is 0. The highest BCUT2D eigenvalue weighted by Crippen LogP contribution is 2.76. The minimum absolute atomic E-state index is 0.0796. The fraction of sp³-hybridized carbons (Fsp3) is 0.917. The standard InChI is InChI=1S/C48H76O21/c1-43(2)11-13-48(42(63)69-39-34(59)32(57)29(54)24(18-50)65-39)14-12-45(4)20(21(48)15-43)7-8-26-44(3)16-22(52)37(47(6,41(61)62)27(44)9-10-46(26,45)5)68-40-35(60)36(30(55)25(19-51)66-40)67-38-33(58)31(56)28(53)23(17-49)64-38/h7,21-40,49-60H,8-19H2,1-6H3,(H,61,62)/t21-,22-,23+,24+,25+,26+,27+,28+,29+,30+,31-,32-,33+,34+,35+,36-,37-,38-,39-,40-,44+,45+,46+,47-,48-/m0/s1. The highest BCUT2D eigenvalue weighted by Gasteiger charge is 2.73. The molecule has 0 unspecified atom stereocenters. The van der Waals surface area contributed by atoms with E-state index in [1.54, 1.807) is 0 Å². The first kappa shape index (κ1) is 53.3. The summed E-state index contributed by atoms with van der Waals surface area (Å²) in [5.74, 6) is -2.95. The first-order valence-electron chi connectivity index (χ1n) is 24.6. The second-order valence-electron chi connectivity index (χ2n) is 23.4. The fourth-order valence-electron chi connectivity index (χ4n) is 15.1. The van der Waals surface area contributed by atoms with Gasteiger partial charge in [-0.05, 0) is 104 Å². The van der Waals surface area contributed by atoms with Crippen LogP contribution < -0.4 is 0 Å². The van der Waals surface area contributed by atoms with Gasteiger partial charge in [-0.2, -0.15) is 0 Å². The lowest BCUT2D eigenvalue weighted by Gasteiger charge is -2.71. The van der Waals surface area contributed by atoms with E-state index in [-0.39, 0.29) is 23.7 Å². The number of carboxylic acids is 1. The zero-order chi connectivity index (χ0) is 50.7. The van der Waals surface area contributed by atoms with Crippen LogP contribution >= 0.6 is 0 Å². The smallest absolute Gasteiger partial charge is 0.315 e. The van der Waals surface area contributed by atoms with Crippen LogP contribution in [0.4, 0.5) is 0 Å². The summed E-state index contributed by atoms with van der Waals surface area (Å²) in [6.45, 7) is 10.0. The quantitative estimate of drug-likeness (QED) is 0.0651. The topological polar surface area (TPSA) is 353 Å². The predicted molar refractivity (Wildman–Crippen MR) is 234 cm³/mol. The molecule has 21 nitrogen and oxygen atoms in total. The van der Waals surface area contributed by atoms with Crippen LogP contribution in [0.5, 0.6) is 0 Å². The normalized spacial score (nSPS) is 53.9. The minimum Gasteiger partial charge on any atom is -0.481 e. The predicted octanol–water partition coefficient (Wildman–Crippen LogP) is -1.82. The molecule has 3 saturated heterocycles. The Labute approximate surface area is 400 Å². The number of fused-ring (bicyclic) bond motifs is 7. The van der Waals surface area contributed by atoms with Crippen molar-refractivity contribution in [3.8, 4) is 0 Å². The van der Waals surface area contributed by atoms with Crippen molar-refractivity contribution in [2.75, 3.05) is 19.8 Å². The molecule has 0 bridgehead atoms. The number of carbonyl (C=O) groups excluding carboxylic acids is 1. The van der Waals surface area contributed by atoms with Gasteiger partial charge in [0, 0.05) is 0 Å². The number of hydrogen-bond acceptors (Lipinski definition) is 20. The van der Waals surface area contributed by atoms with Gasteiger partial charge in [0.25, 0.3) is 0 Å². The van der Waals surface area contributed by atoms with E-state index >= 15 is 0 Å². The van der Waals surface area contributed by atoms with Crippen LogP contribution in [0.25, 0.3) is 0 Å². The van der Waals surface area contributed by atoms with Crippen LogP contribution in [0.3, 0.4) is 0 Å². The van der Waals surface area contributed by atoms with Gasteiger partial charge in [0.1, 0.15) is 79.4 Å². The molecule has 0 aromatic heterocycles. The fourth-order valence-corrected chi connectivity index (χ4v) is 15.1. The largest absolute Gasteiger partial charge is 0.481 e. The highest BCUT2D eigenvalue weighted by atomic mass is 16.7. The number of rotatable bonds is 10. The summed E-state index contributed by atoms with van der Waals surface area (Å²) in [4.78, 5) is 28.5. The number of carboxylic acid groups (broad SMARTS) is 1. The van der Waals surface area contributed by atoms with Crippen LogP contribution in [0, 0.1) is 50.2 Å². The molecular weight excluding hydrogens is 913 g/mol. The van der Waals surface area contributed by atoms with E-state index in [9.17, 15) is 76.0 Å². The van der Waals surface area contributed by atoms with E-state index in [4.69, 9.17) is 28.4 Å². The summed E-state index contributed by atoms with van der Waals surface area (Å²) >= 11 is 0. The lowest BCUT2D eigenvalue weighted by Crippen LogP contribution is -2.70. The number of hydrogen-bond donors (Lipinski definition) is 13. The monoisotopic (exact) mass is 988 g/mol. The molecule has 7 fully saturated rings. The molecule has 69 heavy (non-hydrogen) atoms. The van der Waals surface area contributed by atoms with Gasteiger partial charge in [0.2, 0.25) is 6.29 Å². The first-order chi connectivity index (χ1) is 32.2. The molecule has 0 aromatic rings. The Hall–Kier alpha value is -2.00. The molecule has 5 aliphatic carbocycles. The molecule has 13 N–H and O–H groups in total. The maximum absolute atomic E-state index is 14.7. The highest BCUT2D eigenvalue weighted by molar-refractivity contribution is 5.79. The van der Waals surface area contributed by atoms with Gasteiger partial charge in [0.15, 0.2) is 12.6 Å². The zero-order valence-electron chi connectivity index (χ0n) is 40.2. The lowest BCUT2D eigenvalue weighted by atomic mass is 9.33. The molecule has 3 aliphatic heterocycles. The third kappa shape index (κ3) is 8.16. The average Bonchev–Trinajstić information content (AvgIpc) is 3.29. The molecule has 25 atom stereocenters. The van der Waals surface area contributed by atoms with Crippen molar-refractivity contribution in [1.82, 2.24) is 0 Å². The second kappa shape index (κ2) is 18.7. The number of ether oxygens (including phenoxy) is 6. The average molecular weight is 989 g/mol. The Morgan fingerprint density at radius 2 is 1.16 bits per heavy atom. The van der Waals surface area contributed by atoms with Gasteiger partial charge in [-0.15, -0.1) is 0 Å². The van der Waals surface area contributed by atoms with Crippen molar-refractivity contribution in [2.24, 2.45) is 50.2 Å². The molecule has 8 aliphatic rings. The van der Waals surface area contributed by atoms with E-state index in [1.165, 1.54) is 6.92 Å². The van der Waals surface area contributed by atoms with Crippen LogP contribution in [-0.2, 0) is 38.0 Å². The van der Waals surface area contributed by atoms with Crippen LogP contribution in [-0.4, -0.2) is 202 Å². The van der Waals surface area contributed by atoms with Gasteiger partial charge < -0.3 is 94.8 Å². The van der Waals surface area contributed by atoms with Gasteiger partial charge in [-0.3, -0.25) is 9.59 Å². The molecular formula is C48H76O21. The van der Waals surface area contributed by atoms with E-state index in [0.717, 1.165) is 5.57 Å². The lowest BCUT2D eigenvalue weighted by molar-refractivity contribution is -0.373. The summed E-state index contributed by atoms with van der Waals surface area (Å²) in [5, 5.41) is 139. The number of aliphatic carboxylic acids is 1. The van der Waals surface area contributed by atoms with Crippen LogP contribution in [0.2, 0.25) is 0 Å². The van der Waals surface area contributed by atoms with Crippen LogP contribution in [0.15, 0.2) is 11.6 Å². The molecule has 0 aromatic carbocycles. The summed E-state index contributed by atoms with van der Waals surface area (Å²) in [6, 6.07) is 0. The van der Waals surface area contributed by atoms with Crippen molar-refractivity contribution >= 4 is 11.9 Å². The van der Waals surface area contributed by atoms with E-state index < -0.39 is 169 Å². The molecule has 0 amide bonds. The van der Waals surface area contributed by atoms with Crippen LogP contribution in [0.1, 0.15) is 99.3 Å². The molecule has 3 heterocycles. The third-order valence-electron chi connectivity index (χ3n) is 19.4. The summed E-state index contributed by atoms with van der Waals surface area (Å²) in [6.07, 6.45) is -21.9. The first-order valence-corrected chi connectivity index (χ1v) is 24.6. The van der Waals surface area contributed by atoms with Crippen molar-refractivity contribution in [2.45, 2.75) is 204 Å². The number of aliphatic hydroxyl groups excluding tert-OH is 12. The Morgan fingerprint density at radius 3 is 1.74 bits per heavy atom. The van der Waals surface area contributed by atoms with Gasteiger partial charge in [-0.25, -0.2) is 0 Å². The maximum atomic E-state index is 14.7. The summed E-state index contributed by atoms with van der Waals surface area (Å²) < 4.78 is 34.9. The molecule has 4 saturated carbocycles. The Morgan fingerprint density at radius 1 is 0.623 bits per heavy atom.